The third-order valence-electron chi connectivity index (χ3n) is 2.85. The van der Waals surface area contributed by atoms with E-state index in [0.29, 0.717) is 12.8 Å². The van der Waals surface area contributed by atoms with Gasteiger partial charge in [-0.05, 0) is 18.6 Å². The third-order valence-corrected chi connectivity index (χ3v) is 2.85. The molecule has 0 radical (unpaired) electrons. The van der Waals surface area contributed by atoms with Gasteiger partial charge in [-0.1, -0.05) is 0 Å². The quantitative estimate of drug-likeness (QED) is 0.696. The Morgan fingerprint density at radius 1 is 1.53 bits per heavy atom. The fourth-order valence-corrected chi connectivity index (χ4v) is 1.89. The summed E-state index contributed by atoms with van der Waals surface area (Å²) in [6.45, 7) is 0.264. The second-order valence-electron chi connectivity index (χ2n) is 4.22. The van der Waals surface area contributed by atoms with Gasteiger partial charge in [-0.15, -0.1) is 0 Å². The molecule has 1 fully saturated rings. The third kappa shape index (κ3) is 3.06. The normalized spacial score (nSPS) is 17.9. The average molecular weight is 263 g/mol. The first-order valence-electron chi connectivity index (χ1n) is 5.84. The van der Waals surface area contributed by atoms with Gasteiger partial charge in [-0.2, -0.15) is 0 Å². The minimum Gasteiger partial charge on any atom is -0.478 e. The van der Waals surface area contributed by atoms with Gasteiger partial charge in [0.05, 0.1) is 5.56 Å². The van der Waals surface area contributed by atoms with Crippen LogP contribution in [0.3, 0.4) is 0 Å². The molecule has 100 valence electrons. The summed E-state index contributed by atoms with van der Waals surface area (Å²) in [6, 6.07) is 2.67. The number of hydrogen-bond acceptors (Lipinski definition) is 4. The number of rotatable bonds is 4. The van der Waals surface area contributed by atoms with E-state index in [1.807, 2.05) is 0 Å². The lowest BCUT2D eigenvalue weighted by Crippen LogP contribution is -2.39. The highest BCUT2D eigenvalue weighted by Gasteiger charge is 2.23. The highest BCUT2D eigenvalue weighted by molar-refractivity contribution is 6.03. The number of hydrogen-bond donors (Lipinski definition) is 3. The zero-order valence-corrected chi connectivity index (χ0v) is 10.0. The minimum atomic E-state index is -1.20. The van der Waals surface area contributed by atoms with Gasteiger partial charge in [0.2, 0.25) is 5.91 Å². The molecule has 1 aliphatic rings. The molecule has 19 heavy (non-hydrogen) atoms. The van der Waals surface area contributed by atoms with Crippen molar-refractivity contribution in [2.24, 2.45) is 0 Å². The van der Waals surface area contributed by atoms with E-state index >= 15 is 0 Å². The molecular formula is C12H13N3O4. The molecule has 0 bridgehead atoms. The number of aromatic carboxylic acids is 1. The topological polar surface area (TPSA) is 108 Å². The molecule has 1 unspecified atom stereocenters. The predicted molar refractivity (Wildman–Crippen MR) is 64.7 cm³/mol. The fourth-order valence-electron chi connectivity index (χ4n) is 1.89. The van der Waals surface area contributed by atoms with E-state index in [1.165, 1.54) is 18.3 Å². The van der Waals surface area contributed by atoms with Crippen LogP contribution in [0.4, 0.5) is 0 Å². The van der Waals surface area contributed by atoms with E-state index in [9.17, 15) is 14.4 Å². The SMILES string of the molecule is O=C1CCC(CNC(=O)c2ncccc2C(=O)O)N1. The Balaban J connectivity index is 2.00. The van der Waals surface area contributed by atoms with E-state index < -0.39 is 11.9 Å². The van der Waals surface area contributed by atoms with Gasteiger partial charge in [0, 0.05) is 25.2 Å². The summed E-state index contributed by atoms with van der Waals surface area (Å²) in [5, 5.41) is 14.2. The molecule has 7 nitrogen and oxygen atoms in total. The van der Waals surface area contributed by atoms with E-state index in [2.05, 4.69) is 15.6 Å². The monoisotopic (exact) mass is 263 g/mol. The standard InChI is InChI=1S/C12H13N3O4/c16-9-4-3-7(15-9)6-14-11(17)10-8(12(18)19)2-1-5-13-10/h1-2,5,7H,3-4,6H2,(H,14,17)(H,15,16)(H,18,19). The minimum absolute atomic E-state index is 0.0386. The molecule has 0 saturated carbocycles. The Bertz CT molecular complexity index is 529. The highest BCUT2D eigenvalue weighted by Crippen LogP contribution is 2.07. The molecular weight excluding hydrogens is 250 g/mol. The Morgan fingerprint density at radius 2 is 2.32 bits per heavy atom. The summed E-state index contributed by atoms with van der Waals surface area (Å²) in [5.74, 6) is -1.80. The molecule has 0 spiro atoms. The number of carbonyl (C=O) groups excluding carboxylic acids is 2. The number of amides is 2. The maximum atomic E-state index is 11.9. The Kier molecular flexibility index (Phi) is 3.74. The van der Waals surface area contributed by atoms with E-state index in [0.717, 1.165) is 0 Å². The number of aromatic nitrogens is 1. The fraction of sp³-hybridized carbons (Fsp3) is 0.333. The smallest absolute Gasteiger partial charge is 0.338 e. The molecule has 2 heterocycles. The molecule has 2 rings (SSSR count). The Labute approximate surface area is 109 Å². The van der Waals surface area contributed by atoms with Crippen LogP contribution in [0.15, 0.2) is 18.3 Å². The number of nitrogens with zero attached hydrogens (tertiary/aromatic N) is 1. The molecule has 1 atom stereocenters. The number of nitrogens with one attached hydrogen (secondary N) is 2. The first kappa shape index (κ1) is 13.0. The van der Waals surface area contributed by atoms with Crippen molar-refractivity contribution in [1.29, 1.82) is 0 Å². The van der Waals surface area contributed by atoms with Crippen LogP contribution in [0.25, 0.3) is 0 Å². The summed E-state index contributed by atoms with van der Waals surface area (Å²) in [6.07, 6.45) is 2.47. The molecule has 7 heteroatoms. The van der Waals surface area contributed by atoms with Crippen LogP contribution in [0.5, 0.6) is 0 Å². The molecule has 1 saturated heterocycles. The Morgan fingerprint density at radius 3 is 2.95 bits per heavy atom. The van der Waals surface area contributed by atoms with Gasteiger partial charge >= 0.3 is 5.97 Å². The average Bonchev–Trinajstić information content (AvgIpc) is 2.81. The van der Waals surface area contributed by atoms with Crippen LogP contribution in [-0.4, -0.2) is 40.5 Å². The van der Waals surface area contributed by atoms with Gasteiger partial charge in [-0.3, -0.25) is 14.6 Å². The highest BCUT2D eigenvalue weighted by atomic mass is 16.4. The van der Waals surface area contributed by atoms with Gasteiger partial charge in [0.1, 0.15) is 5.69 Å². The number of pyridine rings is 1. The van der Waals surface area contributed by atoms with Crippen LogP contribution in [0, 0.1) is 0 Å². The first-order valence-corrected chi connectivity index (χ1v) is 5.84. The summed E-state index contributed by atoms with van der Waals surface area (Å²) in [5.41, 5.74) is -0.269. The van der Waals surface area contributed by atoms with Gasteiger partial charge < -0.3 is 15.7 Å². The number of carboxylic acids is 1. The van der Waals surface area contributed by atoms with Crippen LogP contribution in [0.2, 0.25) is 0 Å². The van der Waals surface area contributed by atoms with E-state index in [-0.39, 0.29) is 29.8 Å². The van der Waals surface area contributed by atoms with Crippen LogP contribution in [0.1, 0.15) is 33.7 Å². The van der Waals surface area contributed by atoms with Crippen molar-refractivity contribution < 1.29 is 19.5 Å². The molecule has 1 aromatic rings. The summed E-state index contributed by atoms with van der Waals surface area (Å²) in [7, 11) is 0. The van der Waals surface area contributed by atoms with E-state index in [1.54, 1.807) is 0 Å². The largest absolute Gasteiger partial charge is 0.478 e. The number of carbonyl (C=O) groups is 3. The maximum absolute atomic E-state index is 11.9. The van der Waals surface area contributed by atoms with Gasteiger partial charge in [0.25, 0.3) is 5.91 Å². The van der Waals surface area contributed by atoms with Crippen molar-refractivity contribution in [3.8, 4) is 0 Å². The summed E-state index contributed by atoms with van der Waals surface area (Å²) in [4.78, 5) is 37.6. The van der Waals surface area contributed by atoms with Gasteiger partial charge in [0.15, 0.2) is 0 Å². The predicted octanol–water partition coefficient (Wildman–Crippen LogP) is -0.212. The van der Waals surface area contributed by atoms with Crippen molar-refractivity contribution in [2.45, 2.75) is 18.9 Å². The van der Waals surface area contributed by atoms with Gasteiger partial charge in [-0.25, -0.2) is 4.79 Å². The van der Waals surface area contributed by atoms with Crippen molar-refractivity contribution in [1.82, 2.24) is 15.6 Å². The van der Waals surface area contributed by atoms with Crippen molar-refractivity contribution >= 4 is 17.8 Å². The second kappa shape index (κ2) is 5.47. The molecule has 1 aromatic heterocycles. The molecule has 0 aliphatic carbocycles. The zero-order chi connectivity index (χ0) is 13.8. The first-order chi connectivity index (χ1) is 9.08. The van der Waals surface area contributed by atoms with Crippen LogP contribution >= 0.6 is 0 Å². The lowest BCUT2D eigenvalue weighted by molar-refractivity contribution is -0.119. The van der Waals surface area contributed by atoms with Crippen LogP contribution < -0.4 is 10.6 Å². The van der Waals surface area contributed by atoms with Crippen molar-refractivity contribution in [2.75, 3.05) is 6.54 Å². The molecule has 3 N–H and O–H groups in total. The zero-order valence-electron chi connectivity index (χ0n) is 10.0. The summed E-state index contributed by atoms with van der Waals surface area (Å²) < 4.78 is 0. The molecule has 0 aromatic carbocycles. The van der Waals surface area contributed by atoms with E-state index in [4.69, 9.17) is 5.11 Å². The maximum Gasteiger partial charge on any atom is 0.338 e. The lowest BCUT2D eigenvalue weighted by atomic mass is 10.1. The summed E-state index contributed by atoms with van der Waals surface area (Å²) >= 11 is 0. The van der Waals surface area contributed by atoms with Crippen LogP contribution in [-0.2, 0) is 4.79 Å². The second-order valence-corrected chi connectivity index (χ2v) is 4.22. The van der Waals surface area contributed by atoms with Crippen molar-refractivity contribution in [3.05, 3.63) is 29.6 Å². The Hall–Kier alpha value is -2.44. The van der Waals surface area contributed by atoms with Crippen molar-refractivity contribution in [3.63, 3.8) is 0 Å². The number of carboxylic acid groups (broad SMARTS) is 1. The molecule has 2 amide bonds. The lowest BCUT2D eigenvalue weighted by Gasteiger charge is -2.11. The molecule has 1 aliphatic heterocycles.